The largest absolute Gasteiger partial charge is 0.325 e. The molecule has 0 aliphatic heterocycles. The highest BCUT2D eigenvalue weighted by Crippen LogP contribution is 2.27. The average molecular weight is 592 g/mol. The van der Waals surface area contributed by atoms with Crippen LogP contribution in [0.25, 0.3) is 6.08 Å². The van der Waals surface area contributed by atoms with Crippen molar-refractivity contribution in [2.24, 2.45) is 0 Å². The Hall–Kier alpha value is -4.47. The molecule has 0 radical (unpaired) electrons. The van der Waals surface area contributed by atoms with E-state index in [-0.39, 0.29) is 22.2 Å². The number of hydrogen-bond acceptors (Lipinski definition) is 4. The fourth-order valence-corrected chi connectivity index (χ4v) is 4.63. The van der Waals surface area contributed by atoms with Crippen LogP contribution < -0.4 is 16.0 Å². The minimum Gasteiger partial charge on any atom is -0.325 e. The van der Waals surface area contributed by atoms with Crippen molar-refractivity contribution in [3.05, 3.63) is 131 Å². The van der Waals surface area contributed by atoms with Crippen LogP contribution in [0.2, 0.25) is 5.02 Å². The second-order valence-electron chi connectivity index (χ2n) is 8.76. The van der Waals surface area contributed by atoms with Crippen LogP contribution in [-0.4, -0.2) is 23.0 Å². The van der Waals surface area contributed by atoms with Crippen molar-refractivity contribution in [1.29, 1.82) is 0 Å². The van der Waals surface area contributed by atoms with Gasteiger partial charge in [0.15, 0.2) is 0 Å². The Morgan fingerprint density at radius 1 is 0.805 bits per heavy atom. The molecular weight excluding hydrogens is 568 g/mol. The number of amides is 3. The number of hydrogen-bond donors (Lipinski definition) is 3. The maximum absolute atomic E-state index is 14.3. The minimum atomic E-state index is -0.649. The predicted octanol–water partition coefficient (Wildman–Crippen LogP) is 7.15. The molecule has 0 aliphatic carbocycles. The number of rotatable bonds is 9. The first-order valence-electron chi connectivity index (χ1n) is 12.4. The average Bonchev–Trinajstić information content (AvgIpc) is 2.97. The summed E-state index contributed by atoms with van der Waals surface area (Å²) in [6.45, 7) is 1.72. The molecule has 4 aromatic rings. The Balaban J connectivity index is 1.43. The summed E-state index contributed by atoms with van der Waals surface area (Å²) in [5.74, 6) is -2.59. The van der Waals surface area contributed by atoms with Crippen LogP contribution in [0.15, 0.2) is 108 Å². The van der Waals surface area contributed by atoms with Gasteiger partial charge in [0.2, 0.25) is 5.91 Å². The lowest BCUT2D eigenvalue weighted by molar-refractivity contribution is -0.115. The van der Waals surface area contributed by atoms with Gasteiger partial charge >= 0.3 is 0 Å². The molecule has 3 N–H and O–H groups in total. The Kier molecular flexibility index (Phi) is 9.89. The number of benzene rings is 4. The molecule has 6 nitrogen and oxygen atoms in total. The molecule has 0 saturated heterocycles. The molecule has 0 bridgehead atoms. The summed E-state index contributed by atoms with van der Waals surface area (Å²) in [5, 5.41) is 7.39. The van der Waals surface area contributed by atoms with Gasteiger partial charge in [0.05, 0.1) is 10.3 Å². The van der Waals surface area contributed by atoms with Gasteiger partial charge in [-0.3, -0.25) is 14.4 Å². The van der Waals surface area contributed by atoms with E-state index in [1.54, 1.807) is 67.6 Å². The van der Waals surface area contributed by atoms with E-state index < -0.39 is 28.7 Å². The van der Waals surface area contributed by atoms with Gasteiger partial charge in [-0.15, -0.1) is 11.8 Å². The lowest BCUT2D eigenvalue weighted by Gasteiger charge is -2.14. The van der Waals surface area contributed by atoms with Gasteiger partial charge in [0.1, 0.15) is 17.3 Å². The van der Waals surface area contributed by atoms with Crippen LogP contribution in [-0.2, 0) is 9.59 Å². The first-order valence-corrected chi connectivity index (χ1v) is 13.6. The molecule has 1 unspecified atom stereocenters. The van der Waals surface area contributed by atoms with E-state index in [1.807, 2.05) is 0 Å². The molecule has 0 heterocycles. The maximum Gasteiger partial charge on any atom is 0.272 e. The fraction of sp³-hybridized carbons (Fsp3) is 0.0645. The zero-order chi connectivity index (χ0) is 29.4. The lowest BCUT2D eigenvalue weighted by atomic mass is 10.1. The van der Waals surface area contributed by atoms with Gasteiger partial charge in [-0.05, 0) is 73.7 Å². The van der Waals surface area contributed by atoms with E-state index in [4.69, 9.17) is 11.6 Å². The molecule has 208 valence electrons. The zero-order valence-corrected chi connectivity index (χ0v) is 23.2. The number of carbonyl (C=O) groups excluding carboxylic acids is 3. The van der Waals surface area contributed by atoms with Gasteiger partial charge in [-0.2, -0.15) is 0 Å². The monoisotopic (exact) mass is 591 g/mol. The van der Waals surface area contributed by atoms with E-state index >= 15 is 0 Å². The van der Waals surface area contributed by atoms with Gasteiger partial charge < -0.3 is 16.0 Å². The van der Waals surface area contributed by atoms with Crippen LogP contribution in [0, 0.1) is 11.6 Å². The first kappa shape index (κ1) is 29.5. The van der Waals surface area contributed by atoms with Gasteiger partial charge in [0.25, 0.3) is 11.8 Å². The normalized spacial score (nSPS) is 11.9. The Bertz CT molecular complexity index is 1600. The number of anilines is 2. The number of thioether (sulfide) groups is 1. The third kappa shape index (κ3) is 8.26. The van der Waals surface area contributed by atoms with Crippen LogP contribution in [0.3, 0.4) is 0 Å². The summed E-state index contributed by atoms with van der Waals surface area (Å²) in [6, 6.07) is 24.9. The molecule has 1 atom stereocenters. The smallest absolute Gasteiger partial charge is 0.272 e. The highest BCUT2D eigenvalue weighted by molar-refractivity contribution is 8.00. The molecule has 3 amide bonds. The Labute approximate surface area is 244 Å². The first-order chi connectivity index (χ1) is 19.7. The summed E-state index contributed by atoms with van der Waals surface area (Å²) in [5.41, 5.74) is 1.12. The molecule has 0 fully saturated rings. The van der Waals surface area contributed by atoms with Gasteiger partial charge in [0, 0.05) is 27.4 Å². The Morgan fingerprint density at radius 3 is 2.15 bits per heavy atom. The van der Waals surface area contributed by atoms with E-state index in [1.165, 1.54) is 54.2 Å². The third-order valence-corrected chi connectivity index (χ3v) is 7.12. The summed E-state index contributed by atoms with van der Waals surface area (Å²) in [7, 11) is 0. The van der Waals surface area contributed by atoms with Crippen LogP contribution in [0.5, 0.6) is 0 Å². The molecule has 41 heavy (non-hydrogen) atoms. The highest BCUT2D eigenvalue weighted by atomic mass is 35.5. The second-order valence-corrected chi connectivity index (χ2v) is 10.6. The van der Waals surface area contributed by atoms with Crippen molar-refractivity contribution in [3.63, 3.8) is 0 Å². The Morgan fingerprint density at radius 2 is 1.46 bits per heavy atom. The van der Waals surface area contributed by atoms with Crippen molar-refractivity contribution in [2.75, 3.05) is 10.6 Å². The van der Waals surface area contributed by atoms with E-state index in [0.717, 1.165) is 4.90 Å². The second kappa shape index (κ2) is 13.7. The molecule has 10 heteroatoms. The van der Waals surface area contributed by atoms with Crippen molar-refractivity contribution < 1.29 is 23.2 Å². The van der Waals surface area contributed by atoms with E-state index in [9.17, 15) is 23.2 Å². The minimum absolute atomic E-state index is 0.0905. The van der Waals surface area contributed by atoms with Crippen LogP contribution in [0.1, 0.15) is 22.8 Å². The number of carbonyl (C=O) groups is 3. The lowest BCUT2D eigenvalue weighted by Crippen LogP contribution is -2.30. The number of nitrogens with one attached hydrogen (secondary N) is 3. The summed E-state index contributed by atoms with van der Waals surface area (Å²) in [4.78, 5) is 39.2. The predicted molar refractivity (Wildman–Crippen MR) is 159 cm³/mol. The maximum atomic E-state index is 14.3. The number of halogens is 3. The summed E-state index contributed by atoms with van der Waals surface area (Å²) >= 11 is 7.05. The zero-order valence-electron chi connectivity index (χ0n) is 21.7. The SMILES string of the molecule is CC(Sc1ccc(NC(=O)/C(=C/c2ccccc2F)NC(=O)c2ccccc2)cc1)C(=O)Nc1ccc(F)c(Cl)c1. The van der Waals surface area contributed by atoms with Gasteiger partial charge in [-0.1, -0.05) is 48.0 Å². The molecule has 0 spiro atoms. The van der Waals surface area contributed by atoms with Crippen molar-refractivity contribution >= 4 is 58.5 Å². The van der Waals surface area contributed by atoms with Gasteiger partial charge in [-0.25, -0.2) is 8.78 Å². The molecular formula is C31H24ClF2N3O3S. The molecule has 4 rings (SSSR count). The standard InChI is InChI=1S/C31H24ClF2N3O3S/c1-19(29(38)36-23-13-16-27(34)25(32)18-23)41-24-14-11-22(12-15-24)35-31(40)28(17-21-9-5-6-10-26(21)33)37-30(39)20-7-3-2-4-8-20/h2-19H,1H3,(H,35,40)(H,36,38)(H,37,39)/b28-17-. The van der Waals surface area contributed by atoms with Crippen molar-refractivity contribution in [3.8, 4) is 0 Å². The molecule has 0 saturated carbocycles. The molecule has 0 aromatic heterocycles. The van der Waals surface area contributed by atoms with E-state index in [2.05, 4.69) is 16.0 Å². The third-order valence-electron chi connectivity index (χ3n) is 5.72. The van der Waals surface area contributed by atoms with Crippen LogP contribution in [0.4, 0.5) is 20.2 Å². The van der Waals surface area contributed by atoms with Crippen LogP contribution >= 0.6 is 23.4 Å². The van der Waals surface area contributed by atoms with Crippen molar-refractivity contribution in [1.82, 2.24) is 5.32 Å². The molecule has 0 aliphatic rings. The van der Waals surface area contributed by atoms with Crippen molar-refractivity contribution in [2.45, 2.75) is 17.1 Å². The summed E-state index contributed by atoms with van der Waals surface area (Å²) < 4.78 is 27.7. The summed E-state index contributed by atoms with van der Waals surface area (Å²) in [6.07, 6.45) is 1.27. The quantitative estimate of drug-likeness (QED) is 0.143. The topological polar surface area (TPSA) is 87.3 Å². The highest BCUT2D eigenvalue weighted by Gasteiger charge is 2.18. The molecule has 4 aromatic carbocycles. The fourth-order valence-electron chi connectivity index (χ4n) is 3.58. The van der Waals surface area contributed by atoms with E-state index in [0.29, 0.717) is 16.9 Å².